The molecule has 23 heavy (non-hydrogen) atoms. The molecule has 0 saturated carbocycles. The van der Waals surface area contributed by atoms with Crippen molar-refractivity contribution >= 4 is 17.2 Å². The van der Waals surface area contributed by atoms with E-state index < -0.39 is 0 Å². The molecule has 0 aliphatic heterocycles. The molecule has 118 valence electrons. The third-order valence-electron chi connectivity index (χ3n) is 3.49. The van der Waals surface area contributed by atoms with Gasteiger partial charge in [0.05, 0.1) is 17.8 Å². The van der Waals surface area contributed by atoms with Crippen LogP contribution in [-0.2, 0) is 17.8 Å². The Morgan fingerprint density at radius 1 is 1.35 bits per heavy atom. The molecule has 5 nitrogen and oxygen atoms in total. The summed E-state index contributed by atoms with van der Waals surface area (Å²) in [6, 6.07) is 9.89. The number of aryl methyl sites for hydroxylation is 1. The zero-order chi connectivity index (χ0) is 16.1. The van der Waals surface area contributed by atoms with Crippen molar-refractivity contribution in [3.63, 3.8) is 0 Å². The van der Waals surface area contributed by atoms with Crippen molar-refractivity contribution in [3.8, 4) is 10.6 Å². The van der Waals surface area contributed by atoms with Gasteiger partial charge in [0.1, 0.15) is 5.69 Å². The molecule has 1 amide bonds. The topological polar surface area (TPSA) is 59.8 Å². The zero-order valence-corrected chi connectivity index (χ0v) is 13.7. The van der Waals surface area contributed by atoms with E-state index in [-0.39, 0.29) is 5.91 Å². The Morgan fingerprint density at radius 3 is 3.00 bits per heavy atom. The number of rotatable bonds is 6. The van der Waals surface area contributed by atoms with Crippen LogP contribution in [0.2, 0.25) is 0 Å². The lowest BCUT2D eigenvalue weighted by molar-refractivity contribution is -0.120. The second-order valence-electron chi connectivity index (χ2n) is 5.26. The van der Waals surface area contributed by atoms with Gasteiger partial charge in [-0.1, -0.05) is 12.1 Å². The third-order valence-corrected chi connectivity index (χ3v) is 4.38. The van der Waals surface area contributed by atoms with Gasteiger partial charge in [0.25, 0.3) is 0 Å². The molecule has 6 heteroatoms. The minimum absolute atomic E-state index is 0.00119. The quantitative estimate of drug-likeness (QED) is 0.757. The number of thiophene rings is 1. The molecule has 0 unspecified atom stereocenters. The van der Waals surface area contributed by atoms with Gasteiger partial charge in [-0.2, -0.15) is 5.10 Å². The lowest BCUT2D eigenvalue weighted by atomic mass is 10.2. The Kier molecular flexibility index (Phi) is 4.83. The van der Waals surface area contributed by atoms with E-state index in [2.05, 4.69) is 27.5 Å². The molecule has 0 saturated heterocycles. The largest absolute Gasteiger partial charge is 0.354 e. The van der Waals surface area contributed by atoms with E-state index in [1.165, 1.54) is 0 Å². The van der Waals surface area contributed by atoms with Crippen molar-refractivity contribution in [2.24, 2.45) is 0 Å². The zero-order valence-electron chi connectivity index (χ0n) is 12.9. The summed E-state index contributed by atoms with van der Waals surface area (Å²) in [6.45, 7) is 3.25. The van der Waals surface area contributed by atoms with Crippen molar-refractivity contribution in [1.29, 1.82) is 0 Å². The summed E-state index contributed by atoms with van der Waals surface area (Å²) < 4.78 is 1.93. The van der Waals surface area contributed by atoms with E-state index in [1.807, 2.05) is 35.2 Å². The van der Waals surface area contributed by atoms with Gasteiger partial charge >= 0.3 is 0 Å². The van der Waals surface area contributed by atoms with E-state index in [4.69, 9.17) is 0 Å². The smallest absolute Gasteiger partial charge is 0.224 e. The monoisotopic (exact) mass is 326 g/mol. The van der Waals surface area contributed by atoms with Gasteiger partial charge in [0, 0.05) is 24.6 Å². The number of amides is 1. The van der Waals surface area contributed by atoms with Gasteiger partial charge in [0.15, 0.2) is 0 Å². The Morgan fingerprint density at radius 2 is 2.26 bits per heavy atom. The molecule has 1 N–H and O–H groups in total. The van der Waals surface area contributed by atoms with Crippen LogP contribution in [0.4, 0.5) is 0 Å². The molecule has 3 aromatic heterocycles. The summed E-state index contributed by atoms with van der Waals surface area (Å²) >= 11 is 1.68. The summed E-state index contributed by atoms with van der Waals surface area (Å²) in [4.78, 5) is 17.1. The van der Waals surface area contributed by atoms with Crippen molar-refractivity contribution in [2.75, 3.05) is 6.54 Å². The summed E-state index contributed by atoms with van der Waals surface area (Å²) in [5, 5.41) is 9.57. The maximum Gasteiger partial charge on any atom is 0.224 e. The highest BCUT2D eigenvalue weighted by Gasteiger charge is 2.08. The highest BCUT2D eigenvalue weighted by Crippen LogP contribution is 2.23. The number of nitrogens with zero attached hydrogens (tertiary/aromatic N) is 3. The van der Waals surface area contributed by atoms with Crippen LogP contribution in [-0.4, -0.2) is 27.2 Å². The lowest BCUT2D eigenvalue weighted by Gasteiger charge is -2.07. The summed E-state index contributed by atoms with van der Waals surface area (Å²) in [5.74, 6) is 0.00119. The van der Waals surface area contributed by atoms with Gasteiger partial charge in [-0.25, -0.2) is 0 Å². The van der Waals surface area contributed by atoms with Crippen LogP contribution in [0, 0.1) is 6.92 Å². The van der Waals surface area contributed by atoms with Crippen LogP contribution in [0.3, 0.4) is 0 Å². The highest BCUT2D eigenvalue weighted by atomic mass is 32.1. The minimum atomic E-state index is 0.00119. The maximum absolute atomic E-state index is 11.9. The average molecular weight is 326 g/mol. The van der Waals surface area contributed by atoms with Crippen molar-refractivity contribution in [3.05, 3.63) is 59.4 Å². The highest BCUT2D eigenvalue weighted by molar-refractivity contribution is 7.13. The number of carbonyl (C=O) groups excluding carboxylic acids is 1. The van der Waals surface area contributed by atoms with Crippen LogP contribution >= 0.6 is 11.3 Å². The van der Waals surface area contributed by atoms with Gasteiger partial charge in [-0.15, -0.1) is 11.3 Å². The van der Waals surface area contributed by atoms with Gasteiger partial charge in [-0.05, 0) is 36.1 Å². The van der Waals surface area contributed by atoms with E-state index in [0.29, 0.717) is 19.5 Å². The average Bonchev–Trinajstić information content (AvgIpc) is 3.18. The van der Waals surface area contributed by atoms with Crippen LogP contribution in [0.15, 0.2) is 48.1 Å². The normalized spacial score (nSPS) is 10.7. The first-order valence-corrected chi connectivity index (χ1v) is 8.34. The van der Waals surface area contributed by atoms with Gasteiger partial charge < -0.3 is 5.32 Å². The molecule has 0 bridgehead atoms. The molecule has 0 aliphatic rings. The minimum Gasteiger partial charge on any atom is -0.354 e. The second kappa shape index (κ2) is 7.19. The summed E-state index contributed by atoms with van der Waals surface area (Å²) in [7, 11) is 0. The fourth-order valence-corrected chi connectivity index (χ4v) is 3.01. The van der Waals surface area contributed by atoms with E-state index in [1.54, 1.807) is 23.7 Å². The predicted molar refractivity (Wildman–Crippen MR) is 91.2 cm³/mol. The van der Waals surface area contributed by atoms with Crippen molar-refractivity contribution in [1.82, 2.24) is 20.1 Å². The SMILES string of the molecule is Cc1cc(-c2cccs2)nn1CCNC(=O)Cc1cccnc1. The first kappa shape index (κ1) is 15.4. The number of aromatic nitrogens is 3. The van der Waals surface area contributed by atoms with E-state index in [0.717, 1.165) is 21.8 Å². The first-order chi connectivity index (χ1) is 11.2. The first-order valence-electron chi connectivity index (χ1n) is 7.46. The Balaban J connectivity index is 1.52. The summed E-state index contributed by atoms with van der Waals surface area (Å²) in [6.07, 6.45) is 3.77. The van der Waals surface area contributed by atoms with Gasteiger partial charge in [-0.3, -0.25) is 14.5 Å². The number of hydrogen-bond acceptors (Lipinski definition) is 4. The third kappa shape index (κ3) is 4.04. The molecule has 0 radical (unpaired) electrons. The van der Waals surface area contributed by atoms with Gasteiger partial charge in [0.2, 0.25) is 5.91 Å². The molecule has 3 heterocycles. The lowest BCUT2D eigenvalue weighted by Crippen LogP contribution is -2.29. The van der Waals surface area contributed by atoms with Crippen molar-refractivity contribution < 1.29 is 4.79 Å². The van der Waals surface area contributed by atoms with Crippen LogP contribution in [0.1, 0.15) is 11.3 Å². The Labute approximate surface area is 139 Å². The number of nitrogens with one attached hydrogen (secondary N) is 1. The summed E-state index contributed by atoms with van der Waals surface area (Å²) in [5.41, 5.74) is 2.99. The molecule has 0 fully saturated rings. The Bertz CT molecular complexity index is 765. The molecule has 3 rings (SSSR count). The molecule has 0 aliphatic carbocycles. The van der Waals surface area contributed by atoms with Crippen LogP contribution in [0.5, 0.6) is 0 Å². The molecule has 3 aromatic rings. The molecule has 0 aromatic carbocycles. The molecule has 0 spiro atoms. The van der Waals surface area contributed by atoms with Crippen LogP contribution in [0.25, 0.3) is 10.6 Å². The maximum atomic E-state index is 11.9. The molecular weight excluding hydrogens is 308 g/mol. The van der Waals surface area contributed by atoms with Crippen LogP contribution < -0.4 is 5.32 Å². The molecule has 0 atom stereocenters. The van der Waals surface area contributed by atoms with Crippen molar-refractivity contribution in [2.45, 2.75) is 19.9 Å². The Hall–Kier alpha value is -2.47. The second-order valence-corrected chi connectivity index (χ2v) is 6.21. The van der Waals surface area contributed by atoms with E-state index >= 15 is 0 Å². The number of hydrogen-bond donors (Lipinski definition) is 1. The number of carbonyl (C=O) groups is 1. The molecular formula is C17H18N4OS. The fourth-order valence-electron chi connectivity index (χ4n) is 2.33. The fraction of sp³-hybridized carbons (Fsp3) is 0.235. The standard InChI is InChI=1S/C17H18N4OS/c1-13-10-15(16-5-3-9-23-16)20-21(13)8-7-19-17(22)11-14-4-2-6-18-12-14/h2-6,9-10,12H,7-8,11H2,1H3,(H,19,22). The van der Waals surface area contributed by atoms with E-state index in [9.17, 15) is 4.79 Å². The number of pyridine rings is 1. The predicted octanol–water partition coefficient (Wildman–Crippen LogP) is 2.67.